The zero-order valence-corrected chi connectivity index (χ0v) is 31.0. The van der Waals surface area contributed by atoms with E-state index in [2.05, 4.69) is 252 Å². The first-order chi connectivity index (χ1) is 27.8. The van der Waals surface area contributed by atoms with Gasteiger partial charge in [0.1, 0.15) is 0 Å². The SMILES string of the molecule is c1ccc(-c2ccc(-c3cc(-c4ccc(N(c5ccccc5)c5ccccc5)cc4)cc(-c4ccc(N(c5ccccc5)c5ccccc5)cc4)c3)cc2)cc1. The summed E-state index contributed by atoms with van der Waals surface area (Å²) in [4.78, 5) is 4.60. The number of rotatable bonds is 10. The molecule has 0 heterocycles. The van der Waals surface area contributed by atoms with Gasteiger partial charge in [-0.1, -0.05) is 152 Å². The molecule has 0 aliphatic carbocycles. The second-order valence-corrected chi connectivity index (χ2v) is 13.8. The van der Waals surface area contributed by atoms with Crippen LogP contribution in [0, 0.1) is 0 Å². The summed E-state index contributed by atoms with van der Waals surface area (Å²) < 4.78 is 0. The van der Waals surface area contributed by atoms with Gasteiger partial charge in [-0.15, -0.1) is 0 Å². The van der Waals surface area contributed by atoms with Crippen molar-refractivity contribution in [3.8, 4) is 44.5 Å². The van der Waals surface area contributed by atoms with Crippen LogP contribution in [0.2, 0.25) is 0 Å². The Bertz CT molecular complexity index is 2400. The molecule has 0 aromatic heterocycles. The molecular formula is C54H40N2. The molecule has 9 rings (SSSR count). The van der Waals surface area contributed by atoms with Crippen LogP contribution in [-0.4, -0.2) is 0 Å². The topological polar surface area (TPSA) is 6.48 Å². The minimum absolute atomic E-state index is 1.11. The summed E-state index contributed by atoms with van der Waals surface area (Å²) >= 11 is 0. The van der Waals surface area contributed by atoms with Crippen LogP contribution in [0.5, 0.6) is 0 Å². The van der Waals surface area contributed by atoms with Gasteiger partial charge in [-0.3, -0.25) is 0 Å². The highest BCUT2D eigenvalue weighted by atomic mass is 15.1. The molecule has 0 amide bonds. The maximum absolute atomic E-state index is 2.32. The summed E-state index contributed by atoms with van der Waals surface area (Å²) in [6.07, 6.45) is 0. The molecule has 9 aromatic rings. The van der Waals surface area contributed by atoms with Gasteiger partial charge in [0.2, 0.25) is 0 Å². The number of hydrogen-bond donors (Lipinski definition) is 0. The van der Waals surface area contributed by atoms with E-state index in [1.807, 2.05) is 0 Å². The Balaban J connectivity index is 1.11. The van der Waals surface area contributed by atoms with Crippen molar-refractivity contribution < 1.29 is 0 Å². The van der Waals surface area contributed by atoms with Crippen molar-refractivity contribution in [1.82, 2.24) is 0 Å². The third-order valence-electron chi connectivity index (χ3n) is 10.2. The lowest BCUT2D eigenvalue weighted by atomic mass is 9.92. The normalized spacial score (nSPS) is 10.9. The van der Waals surface area contributed by atoms with Crippen LogP contribution in [0.4, 0.5) is 34.1 Å². The molecule has 2 heteroatoms. The standard InChI is InChI=1S/C54H40N2/c1-6-16-41(17-7-1)42-26-28-43(29-27-42)46-38-47(44-30-34-53(35-31-44)55(49-18-8-2-9-19-49)50-20-10-3-11-21-50)40-48(39-46)45-32-36-54(37-33-45)56(51-22-12-4-13-23-51)52-24-14-5-15-25-52/h1-40H. The minimum Gasteiger partial charge on any atom is -0.311 e. The first-order valence-corrected chi connectivity index (χ1v) is 19.1. The molecule has 0 bridgehead atoms. The molecule has 266 valence electrons. The summed E-state index contributed by atoms with van der Waals surface area (Å²) in [6.45, 7) is 0. The molecule has 2 nitrogen and oxygen atoms in total. The van der Waals surface area contributed by atoms with Gasteiger partial charge in [0.05, 0.1) is 0 Å². The molecule has 0 saturated carbocycles. The Kier molecular flexibility index (Phi) is 9.75. The van der Waals surface area contributed by atoms with E-state index in [4.69, 9.17) is 0 Å². The van der Waals surface area contributed by atoms with Crippen molar-refractivity contribution in [3.05, 3.63) is 243 Å². The number of para-hydroxylation sites is 4. The second-order valence-electron chi connectivity index (χ2n) is 13.8. The average Bonchev–Trinajstić information content (AvgIpc) is 3.29. The van der Waals surface area contributed by atoms with Gasteiger partial charge in [-0.05, 0) is 136 Å². The maximum Gasteiger partial charge on any atom is 0.0462 e. The van der Waals surface area contributed by atoms with E-state index in [-0.39, 0.29) is 0 Å². The smallest absolute Gasteiger partial charge is 0.0462 e. The van der Waals surface area contributed by atoms with Crippen molar-refractivity contribution in [3.63, 3.8) is 0 Å². The lowest BCUT2D eigenvalue weighted by molar-refractivity contribution is 1.28. The molecular weight excluding hydrogens is 677 g/mol. The molecule has 0 spiro atoms. The lowest BCUT2D eigenvalue weighted by Crippen LogP contribution is -2.09. The average molecular weight is 717 g/mol. The summed E-state index contributed by atoms with van der Waals surface area (Å²) in [5.74, 6) is 0. The van der Waals surface area contributed by atoms with Crippen LogP contribution in [0.3, 0.4) is 0 Å². The van der Waals surface area contributed by atoms with Crippen LogP contribution in [0.25, 0.3) is 44.5 Å². The Labute approximate surface area is 329 Å². The van der Waals surface area contributed by atoms with Gasteiger partial charge in [-0.25, -0.2) is 0 Å². The highest BCUT2D eigenvalue weighted by molar-refractivity contribution is 5.85. The molecule has 0 fully saturated rings. The zero-order valence-electron chi connectivity index (χ0n) is 31.0. The first-order valence-electron chi connectivity index (χ1n) is 19.1. The third-order valence-corrected chi connectivity index (χ3v) is 10.2. The van der Waals surface area contributed by atoms with E-state index in [1.54, 1.807) is 0 Å². The van der Waals surface area contributed by atoms with Gasteiger partial charge in [0.25, 0.3) is 0 Å². The monoisotopic (exact) mass is 716 g/mol. The van der Waals surface area contributed by atoms with Crippen molar-refractivity contribution in [2.24, 2.45) is 0 Å². The zero-order chi connectivity index (χ0) is 37.5. The Hall–Kier alpha value is -7.42. The lowest BCUT2D eigenvalue weighted by Gasteiger charge is -2.25. The Morgan fingerprint density at radius 1 is 0.161 bits per heavy atom. The molecule has 56 heavy (non-hydrogen) atoms. The summed E-state index contributed by atoms with van der Waals surface area (Å²) in [6, 6.07) is 86.6. The third kappa shape index (κ3) is 7.37. The fraction of sp³-hybridized carbons (Fsp3) is 0. The van der Waals surface area contributed by atoms with Gasteiger partial charge in [-0.2, -0.15) is 0 Å². The van der Waals surface area contributed by atoms with Crippen LogP contribution in [-0.2, 0) is 0 Å². The van der Waals surface area contributed by atoms with E-state index in [1.165, 1.54) is 33.4 Å². The van der Waals surface area contributed by atoms with Gasteiger partial charge in [0.15, 0.2) is 0 Å². The quantitative estimate of drug-likeness (QED) is 0.139. The van der Waals surface area contributed by atoms with E-state index < -0.39 is 0 Å². The van der Waals surface area contributed by atoms with Crippen LogP contribution < -0.4 is 9.80 Å². The predicted molar refractivity (Wildman–Crippen MR) is 238 cm³/mol. The maximum atomic E-state index is 2.32. The van der Waals surface area contributed by atoms with E-state index >= 15 is 0 Å². The molecule has 0 radical (unpaired) electrons. The highest BCUT2D eigenvalue weighted by Crippen LogP contribution is 2.39. The van der Waals surface area contributed by atoms with Crippen LogP contribution in [0.15, 0.2) is 243 Å². The number of benzene rings is 9. The first kappa shape index (κ1) is 34.4. The number of anilines is 6. The second kappa shape index (κ2) is 15.9. The molecule has 0 saturated heterocycles. The number of nitrogens with zero attached hydrogens (tertiary/aromatic N) is 2. The van der Waals surface area contributed by atoms with Gasteiger partial charge < -0.3 is 9.80 Å². The predicted octanol–water partition coefficient (Wildman–Crippen LogP) is 15.3. The van der Waals surface area contributed by atoms with Crippen LogP contribution >= 0.6 is 0 Å². The summed E-state index contributed by atoms with van der Waals surface area (Å²) in [5, 5.41) is 0. The van der Waals surface area contributed by atoms with Gasteiger partial charge >= 0.3 is 0 Å². The van der Waals surface area contributed by atoms with E-state index in [9.17, 15) is 0 Å². The molecule has 0 N–H and O–H groups in total. The largest absolute Gasteiger partial charge is 0.311 e. The molecule has 0 aliphatic rings. The van der Waals surface area contributed by atoms with E-state index in [0.29, 0.717) is 0 Å². The molecule has 0 unspecified atom stereocenters. The van der Waals surface area contributed by atoms with Crippen molar-refractivity contribution in [1.29, 1.82) is 0 Å². The van der Waals surface area contributed by atoms with Crippen molar-refractivity contribution >= 4 is 34.1 Å². The van der Waals surface area contributed by atoms with Crippen molar-refractivity contribution in [2.75, 3.05) is 9.80 Å². The minimum atomic E-state index is 1.11. The fourth-order valence-electron chi connectivity index (χ4n) is 7.42. The Morgan fingerprint density at radius 2 is 0.357 bits per heavy atom. The summed E-state index contributed by atoms with van der Waals surface area (Å²) in [7, 11) is 0. The molecule has 0 aliphatic heterocycles. The van der Waals surface area contributed by atoms with Crippen molar-refractivity contribution in [2.45, 2.75) is 0 Å². The van der Waals surface area contributed by atoms with E-state index in [0.717, 1.165) is 45.3 Å². The van der Waals surface area contributed by atoms with Gasteiger partial charge in [0, 0.05) is 34.1 Å². The highest BCUT2D eigenvalue weighted by Gasteiger charge is 2.15. The van der Waals surface area contributed by atoms with Crippen LogP contribution in [0.1, 0.15) is 0 Å². The fourth-order valence-corrected chi connectivity index (χ4v) is 7.42. The molecule has 9 aromatic carbocycles. The Morgan fingerprint density at radius 3 is 0.643 bits per heavy atom. The number of hydrogen-bond acceptors (Lipinski definition) is 2. The summed E-state index contributed by atoms with van der Waals surface area (Å²) in [5.41, 5.74) is 16.1. The molecule has 0 atom stereocenters.